The number of rotatable bonds is 5. The molecule has 6 rings (SSSR count). The second kappa shape index (κ2) is 9.07. The minimum atomic E-state index is 0.0499. The van der Waals surface area contributed by atoms with Crippen LogP contribution in [0.2, 0.25) is 0 Å². The maximum absolute atomic E-state index is 12.5. The average Bonchev–Trinajstić information content (AvgIpc) is 3.61. The minimum Gasteiger partial charge on any atom is -0.438 e. The summed E-state index contributed by atoms with van der Waals surface area (Å²) >= 11 is 0. The van der Waals surface area contributed by atoms with E-state index in [0.29, 0.717) is 17.8 Å². The quantitative estimate of drug-likeness (QED) is 0.583. The summed E-state index contributed by atoms with van der Waals surface area (Å²) in [7, 11) is 0. The molecule has 3 aliphatic rings. The number of nitrogens with one attached hydrogen (secondary N) is 1. The van der Waals surface area contributed by atoms with Crippen molar-refractivity contribution in [2.24, 2.45) is 0 Å². The van der Waals surface area contributed by atoms with Gasteiger partial charge in [-0.2, -0.15) is 5.10 Å². The molecule has 1 amide bonds. The van der Waals surface area contributed by atoms with Gasteiger partial charge in [-0.25, -0.2) is 9.97 Å². The van der Waals surface area contributed by atoms with E-state index in [1.54, 1.807) is 13.3 Å². The van der Waals surface area contributed by atoms with Crippen molar-refractivity contribution in [3.8, 4) is 22.8 Å². The third kappa shape index (κ3) is 4.31. The van der Waals surface area contributed by atoms with Gasteiger partial charge >= 0.3 is 0 Å². The van der Waals surface area contributed by atoms with Gasteiger partial charge in [-0.05, 0) is 70.7 Å². The Hall–Kier alpha value is -3.26. The Morgan fingerprint density at radius 2 is 1.94 bits per heavy atom. The lowest BCUT2D eigenvalue weighted by Gasteiger charge is -2.35. The molecule has 1 N–H and O–H groups in total. The molecule has 1 saturated heterocycles. The Morgan fingerprint density at radius 1 is 1.11 bits per heavy atom. The van der Waals surface area contributed by atoms with Crippen molar-refractivity contribution in [3.05, 3.63) is 48.2 Å². The number of carbonyl (C=O) groups excluding carboxylic acids is 1. The normalized spacial score (nSPS) is 20.5. The second-order valence-electron chi connectivity index (χ2n) is 10.1. The van der Waals surface area contributed by atoms with E-state index in [0.717, 1.165) is 72.6 Å². The van der Waals surface area contributed by atoms with Crippen LogP contribution in [0.15, 0.2) is 36.9 Å². The first-order valence-corrected chi connectivity index (χ1v) is 12.8. The van der Waals surface area contributed by atoms with Gasteiger partial charge in [0.05, 0.1) is 23.6 Å². The molecule has 3 aromatic rings. The summed E-state index contributed by atoms with van der Waals surface area (Å²) in [6.45, 7) is 5.77. The van der Waals surface area contributed by atoms with Gasteiger partial charge in [0.25, 0.3) is 0 Å². The first kappa shape index (κ1) is 22.2. The summed E-state index contributed by atoms with van der Waals surface area (Å²) in [4.78, 5) is 23.3. The molecule has 8 nitrogen and oxygen atoms in total. The molecule has 2 aromatic heterocycles. The van der Waals surface area contributed by atoms with Crippen LogP contribution in [0.4, 0.5) is 5.69 Å². The molecule has 1 aliphatic carbocycles. The predicted molar refractivity (Wildman–Crippen MR) is 134 cm³/mol. The van der Waals surface area contributed by atoms with Crippen LogP contribution in [0.3, 0.4) is 0 Å². The average molecular weight is 473 g/mol. The summed E-state index contributed by atoms with van der Waals surface area (Å²) in [6.07, 6.45) is 11.9. The fourth-order valence-corrected chi connectivity index (χ4v) is 5.49. The van der Waals surface area contributed by atoms with Crippen LogP contribution in [0.1, 0.15) is 69.2 Å². The molecule has 0 unspecified atom stereocenters. The zero-order valence-corrected chi connectivity index (χ0v) is 20.4. The number of aromatic nitrogens is 4. The highest BCUT2D eigenvalue weighted by atomic mass is 16.5. The van der Waals surface area contributed by atoms with Crippen LogP contribution in [-0.2, 0) is 11.2 Å². The SMILES string of the molecule is CC(=O)N1c2ccc(-c3cnn(C4CCNCC4)c3)c(Oc3cc(C4CC4)ncn3)c2CC[C@@H]1C. The zero-order chi connectivity index (χ0) is 23.9. The second-order valence-corrected chi connectivity index (χ2v) is 10.1. The van der Waals surface area contributed by atoms with Gasteiger partial charge in [0.2, 0.25) is 11.8 Å². The highest BCUT2D eigenvalue weighted by Crippen LogP contribution is 2.45. The van der Waals surface area contributed by atoms with Crippen LogP contribution in [0.5, 0.6) is 11.6 Å². The van der Waals surface area contributed by atoms with E-state index in [4.69, 9.17) is 9.84 Å². The van der Waals surface area contributed by atoms with Crippen molar-refractivity contribution in [2.45, 2.75) is 70.4 Å². The smallest absolute Gasteiger partial charge is 0.224 e. The van der Waals surface area contributed by atoms with E-state index in [2.05, 4.69) is 45.2 Å². The van der Waals surface area contributed by atoms with Gasteiger partial charge in [0.1, 0.15) is 12.1 Å². The molecule has 0 bridgehead atoms. The van der Waals surface area contributed by atoms with Crippen molar-refractivity contribution in [1.29, 1.82) is 0 Å². The minimum absolute atomic E-state index is 0.0499. The van der Waals surface area contributed by atoms with Gasteiger partial charge in [-0.3, -0.25) is 9.48 Å². The van der Waals surface area contributed by atoms with Crippen LogP contribution in [0.25, 0.3) is 11.1 Å². The third-order valence-electron chi connectivity index (χ3n) is 7.55. The van der Waals surface area contributed by atoms with Crippen molar-refractivity contribution >= 4 is 11.6 Å². The fraction of sp³-hybridized carbons (Fsp3) is 0.481. The molecule has 0 spiro atoms. The number of amides is 1. The molecule has 4 heterocycles. The number of carbonyl (C=O) groups is 1. The number of ether oxygens (including phenoxy) is 1. The van der Waals surface area contributed by atoms with Gasteiger partial charge in [0.15, 0.2) is 0 Å². The van der Waals surface area contributed by atoms with Crippen LogP contribution in [-0.4, -0.2) is 44.8 Å². The summed E-state index contributed by atoms with van der Waals surface area (Å²) in [6, 6.07) is 6.65. The van der Waals surface area contributed by atoms with Gasteiger partial charge in [0, 0.05) is 47.8 Å². The lowest BCUT2D eigenvalue weighted by Crippen LogP contribution is -2.40. The van der Waals surface area contributed by atoms with Gasteiger partial charge in [-0.15, -0.1) is 0 Å². The zero-order valence-electron chi connectivity index (χ0n) is 20.4. The van der Waals surface area contributed by atoms with Gasteiger partial charge < -0.3 is 15.0 Å². The Labute approximate surface area is 205 Å². The Balaban J connectivity index is 1.43. The van der Waals surface area contributed by atoms with E-state index >= 15 is 0 Å². The predicted octanol–water partition coefficient (Wildman–Crippen LogP) is 4.62. The number of piperidine rings is 1. The summed E-state index contributed by atoms with van der Waals surface area (Å²) < 4.78 is 8.66. The molecule has 1 aromatic carbocycles. The number of fused-ring (bicyclic) bond motifs is 1. The summed E-state index contributed by atoms with van der Waals surface area (Å²) in [5, 5.41) is 8.14. The van der Waals surface area contributed by atoms with Gasteiger partial charge in [-0.1, -0.05) is 0 Å². The highest BCUT2D eigenvalue weighted by molar-refractivity contribution is 5.95. The molecular formula is C27H32N6O2. The molecular weight excluding hydrogens is 440 g/mol. The number of nitrogens with zero attached hydrogens (tertiary/aromatic N) is 5. The lowest BCUT2D eigenvalue weighted by atomic mass is 9.92. The lowest BCUT2D eigenvalue weighted by molar-refractivity contribution is -0.117. The topological polar surface area (TPSA) is 85.2 Å². The van der Waals surface area contributed by atoms with Crippen LogP contribution >= 0.6 is 0 Å². The van der Waals surface area contributed by atoms with E-state index in [-0.39, 0.29) is 11.9 Å². The van der Waals surface area contributed by atoms with Crippen molar-refractivity contribution < 1.29 is 9.53 Å². The first-order valence-electron chi connectivity index (χ1n) is 12.8. The number of benzene rings is 1. The van der Waals surface area contributed by atoms with Crippen molar-refractivity contribution in [3.63, 3.8) is 0 Å². The maximum atomic E-state index is 12.5. The number of hydrogen-bond acceptors (Lipinski definition) is 6. The van der Waals surface area contributed by atoms with Crippen LogP contribution < -0.4 is 15.0 Å². The maximum Gasteiger partial charge on any atom is 0.224 e. The summed E-state index contributed by atoms with van der Waals surface area (Å²) in [5.41, 5.74) is 5.02. The molecule has 8 heteroatoms. The molecule has 2 fully saturated rings. The van der Waals surface area contributed by atoms with E-state index in [9.17, 15) is 4.79 Å². The number of anilines is 1. The van der Waals surface area contributed by atoms with Crippen molar-refractivity contribution in [1.82, 2.24) is 25.1 Å². The first-order chi connectivity index (χ1) is 17.1. The standard InChI is InChI=1S/C27H32N6O2/c1-17-3-6-23-25(33(17)18(2)34)8-7-22(20-14-31-32(15-20)21-9-11-28-12-10-21)27(23)35-26-13-24(19-4-5-19)29-16-30-26/h7-8,13-17,19,21,28H,3-6,9-12H2,1-2H3/t17-/m0/s1. The molecule has 2 aliphatic heterocycles. The molecule has 35 heavy (non-hydrogen) atoms. The Bertz CT molecular complexity index is 1240. The fourth-order valence-electron chi connectivity index (χ4n) is 5.49. The Kier molecular flexibility index (Phi) is 5.76. The van der Waals surface area contributed by atoms with Crippen molar-refractivity contribution in [2.75, 3.05) is 18.0 Å². The molecule has 182 valence electrons. The monoisotopic (exact) mass is 472 g/mol. The molecule has 1 saturated carbocycles. The summed E-state index contributed by atoms with van der Waals surface area (Å²) in [5.74, 6) is 1.89. The van der Waals surface area contributed by atoms with E-state index < -0.39 is 0 Å². The van der Waals surface area contributed by atoms with E-state index in [1.807, 2.05) is 17.2 Å². The molecule has 0 radical (unpaired) electrons. The van der Waals surface area contributed by atoms with E-state index in [1.165, 1.54) is 12.8 Å². The number of hydrogen-bond donors (Lipinski definition) is 1. The third-order valence-corrected chi connectivity index (χ3v) is 7.55. The molecule has 1 atom stereocenters. The highest BCUT2D eigenvalue weighted by Gasteiger charge is 2.31. The van der Waals surface area contributed by atoms with Crippen LogP contribution in [0, 0.1) is 0 Å². The largest absolute Gasteiger partial charge is 0.438 e. The Morgan fingerprint density at radius 3 is 2.71 bits per heavy atom.